The summed E-state index contributed by atoms with van der Waals surface area (Å²) in [6, 6.07) is 0. The summed E-state index contributed by atoms with van der Waals surface area (Å²) in [5, 5.41) is 13.6. The van der Waals surface area contributed by atoms with E-state index >= 15 is 0 Å². The molecule has 7 atom stereocenters. The van der Waals surface area contributed by atoms with E-state index in [1.807, 2.05) is 13.8 Å². The number of rotatable bonds is 9. The lowest BCUT2D eigenvalue weighted by Gasteiger charge is -2.45. The molecule has 2 aliphatic rings. The van der Waals surface area contributed by atoms with Crippen molar-refractivity contribution in [2.45, 2.75) is 103 Å². The number of aliphatic hydroxyl groups is 1. The van der Waals surface area contributed by atoms with Gasteiger partial charge in [-0.05, 0) is 31.6 Å². The fourth-order valence-electron chi connectivity index (χ4n) is 4.54. The Morgan fingerprint density at radius 1 is 1.35 bits per heavy atom. The molecular formula is C24H43NO6. The number of methoxy groups -OCH3 is 2. The van der Waals surface area contributed by atoms with E-state index in [2.05, 4.69) is 32.7 Å². The first-order chi connectivity index (χ1) is 14.5. The quantitative estimate of drug-likeness (QED) is 0.535. The van der Waals surface area contributed by atoms with Crippen molar-refractivity contribution >= 4 is 5.91 Å². The minimum absolute atomic E-state index is 0.0508. The third-order valence-electron chi connectivity index (χ3n) is 7.33. The SMILES string of the molecule is C=C1C[C@](OC)([C@H](O)C(=O)NC[C@@H]2CCC(C)(C)[C@@H](C[C@@H](CC)OC)O2)O[C@H](C)[C@@H]1C. The molecule has 0 spiro atoms. The molecule has 7 heteroatoms. The van der Waals surface area contributed by atoms with Gasteiger partial charge in [-0.15, -0.1) is 0 Å². The molecule has 180 valence electrons. The Morgan fingerprint density at radius 2 is 2.03 bits per heavy atom. The van der Waals surface area contributed by atoms with Crippen LogP contribution in [-0.4, -0.2) is 68.1 Å². The average molecular weight is 442 g/mol. The lowest BCUT2D eigenvalue weighted by molar-refractivity contribution is -0.297. The Balaban J connectivity index is 1.97. The van der Waals surface area contributed by atoms with Gasteiger partial charge in [-0.1, -0.05) is 39.8 Å². The molecule has 0 aromatic carbocycles. The van der Waals surface area contributed by atoms with Crippen molar-refractivity contribution in [1.82, 2.24) is 5.32 Å². The smallest absolute Gasteiger partial charge is 0.254 e. The summed E-state index contributed by atoms with van der Waals surface area (Å²) in [5.74, 6) is -1.81. The Hall–Kier alpha value is -0.990. The number of hydrogen-bond acceptors (Lipinski definition) is 6. The van der Waals surface area contributed by atoms with Crippen molar-refractivity contribution in [2.24, 2.45) is 11.3 Å². The van der Waals surface area contributed by atoms with Crippen LogP contribution >= 0.6 is 0 Å². The van der Waals surface area contributed by atoms with Crippen molar-refractivity contribution in [3.8, 4) is 0 Å². The van der Waals surface area contributed by atoms with E-state index in [1.165, 1.54) is 7.11 Å². The summed E-state index contributed by atoms with van der Waals surface area (Å²) in [6.45, 7) is 14.9. The van der Waals surface area contributed by atoms with E-state index in [1.54, 1.807) is 7.11 Å². The molecule has 0 aliphatic carbocycles. The van der Waals surface area contributed by atoms with Crippen LogP contribution in [0.3, 0.4) is 0 Å². The predicted octanol–water partition coefficient (Wildman–Crippen LogP) is 3.20. The summed E-state index contributed by atoms with van der Waals surface area (Å²) in [7, 11) is 3.18. The summed E-state index contributed by atoms with van der Waals surface area (Å²) >= 11 is 0. The van der Waals surface area contributed by atoms with Crippen molar-refractivity contribution < 1.29 is 28.8 Å². The zero-order valence-corrected chi connectivity index (χ0v) is 20.4. The Kier molecular flexibility index (Phi) is 9.11. The second-order valence-corrected chi connectivity index (χ2v) is 9.89. The van der Waals surface area contributed by atoms with Crippen molar-refractivity contribution in [2.75, 3.05) is 20.8 Å². The molecule has 2 heterocycles. The number of carbonyl (C=O) groups is 1. The highest BCUT2D eigenvalue weighted by Gasteiger charge is 2.49. The van der Waals surface area contributed by atoms with E-state index in [4.69, 9.17) is 18.9 Å². The molecule has 0 saturated carbocycles. The van der Waals surface area contributed by atoms with Crippen molar-refractivity contribution in [1.29, 1.82) is 0 Å². The van der Waals surface area contributed by atoms with Crippen LogP contribution in [0.4, 0.5) is 0 Å². The van der Waals surface area contributed by atoms with Crippen LogP contribution in [0.2, 0.25) is 0 Å². The molecule has 2 N–H and O–H groups in total. The van der Waals surface area contributed by atoms with Gasteiger partial charge >= 0.3 is 0 Å². The Morgan fingerprint density at radius 3 is 2.58 bits per heavy atom. The molecule has 2 rings (SSSR count). The molecule has 0 aromatic rings. The second-order valence-electron chi connectivity index (χ2n) is 9.89. The monoisotopic (exact) mass is 441 g/mol. The van der Waals surface area contributed by atoms with E-state index in [0.29, 0.717) is 6.54 Å². The van der Waals surface area contributed by atoms with Crippen LogP contribution in [0.15, 0.2) is 12.2 Å². The van der Waals surface area contributed by atoms with E-state index in [9.17, 15) is 9.90 Å². The molecular weight excluding hydrogens is 398 g/mol. The van der Waals surface area contributed by atoms with Gasteiger partial charge in [-0.25, -0.2) is 0 Å². The molecule has 31 heavy (non-hydrogen) atoms. The van der Waals surface area contributed by atoms with Gasteiger partial charge in [0.25, 0.3) is 5.91 Å². The van der Waals surface area contributed by atoms with Crippen LogP contribution in [0.5, 0.6) is 0 Å². The largest absolute Gasteiger partial charge is 0.381 e. The van der Waals surface area contributed by atoms with Gasteiger partial charge in [0.15, 0.2) is 6.10 Å². The zero-order chi connectivity index (χ0) is 23.4. The number of carbonyl (C=O) groups excluding carboxylic acids is 1. The first-order valence-electron chi connectivity index (χ1n) is 11.5. The zero-order valence-electron chi connectivity index (χ0n) is 20.4. The minimum Gasteiger partial charge on any atom is -0.381 e. The lowest BCUT2D eigenvalue weighted by atomic mass is 9.76. The Labute approximate surface area is 187 Å². The first kappa shape index (κ1) is 26.3. The molecule has 0 aromatic heterocycles. The number of hydrogen-bond donors (Lipinski definition) is 2. The molecule has 2 fully saturated rings. The van der Waals surface area contributed by atoms with Crippen molar-refractivity contribution in [3.05, 3.63) is 12.2 Å². The van der Waals surface area contributed by atoms with Gasteiger partial charge in [0, 0.05) is 39.5 Å². The maximum absolute atomic E-state index is 12.8. The average Bonchev–Trinajstić information content (AvgIpc) is 2.74. The minimum atomic E-state index is -1.46. The summed E-state index contributed by atoms with van der Waals surface area (Å²) in [4.78, 5) is 12.8. The topological polar surface area (TPSA) is 86.3 Å². The van der Waals surface area contributed by atoms with Gasteiger partial charge in [0.2, 0.25) is 5.79 Å². The fraction of sp³-hybridized carbons (Fsp3) is 0.875. The van der Waals surface area contributed by atoms with Gasteiger partial charge in [-0.3, -0.25) is 4.79 Å². The van der Waals surface area contributed by atoms with Crippen LogP contribution in [0.1, 0.15) is 66.7 Å². The highest BCUT2D eigenvalue weighted by atomic mass is 16.7. The lowest BCUT2D eigenvalue weighted by Crippen LogP contribution is -2.59. The number of amides is 1. The van der Waals surface area contributed by atoms with Crippen LogP contribution < -0.4 is 5.32 Å². The number of nitrogens with one attached hydrogen (secondary N) is 1. The maximum Gasteiger partial charge on any atom is 0.254 e. The van der Waals surface area contributed by atoms with Crippen molar-refractivity contribution in [3.63, 3.8) is 0 Å². The van der Waals surface area contributed by atoms with E-state index < -0.39 is 17.8 Å². The van der Waals surface area contributed by atoms with E-state index in [-0.39, 0.29) is 42.2 Å². The van der Waals surface area contributed by atoms with Gasteiger partial charge < -0.3 is 29.4 Å². The first-order valence-corrected chi connectivity index (χ1v) is 11.5. The molecule has 1 amide bonds. The fourth-order valence-corrected chi connectivity index (χ4v) is 4.54. The van der Waals surface area contributed by atoms with E-state index in [0.717, 1.165) is 31.3 Å². The molecule has 2 saturated heterocycles. The molecule has 0 unspecified atom stereocenters. The maximum atomic E-state index is 12.8. The molecule has 7 nitrogen and oxygen atoms in total. The summed E-state index contributed by atoms with van der Waals surface area (Å²) in [5.41, 5.74) is 0.951. The number of ether oxygens (including phenoxy) is 4. The van der Waals surface area contributed by atoms with Gasteiger partial charge in [0.1, 0.15) is 0 Å². The molecule has 0 bridgehead atoms. The van der Waals surface area contributed by atoms with Gasteiger partial charge in [0.05, 0.1) is 24.4 Å². The van der Waals surface area contributed by atoms with Crippen LogP contribution in [0.25, 0.3) is 0 Å². The highest BCUT2D eigenvalue weighted by Crippen LogP contribution is 2.40. The third-order valence-corrected chi connectivity index (χ3v) is 7.33. The highest BCUT2D eigenvalue weighted by molar-refractivity contribution is 5.81. The normalized spacial score (nSPS) is 35.4. The van der Waals surface area contributed by atoms with Crippen LogP contribution in [-0.2, 0) is 23.7 Å². The standard InChI is InChI=1S/C24H43NO6/c1-9-18(28-7)12-20-23(5,6)11-10-19(30-20)14-25-22(27)21(26)24(29-8)13-15(2)16(3)17(4)31-24/h16-21,26H,2,9-14H2,1,3-8H3,(H,25,27)/t16-,17-,18-,19+,20-,21-,24-/m1/s1. The summed E-state index contributed by atoms with van der Waals surface area (Å²) in [6.07, 6.45) is 2.31. The number of aliphatic hydroxyl groups excluding tert-OH is 1. The second kappa shape index (κ2) is 10.8. The molecule has 0 radical (unpaired) electrons. The van der Waals surface area contributed by atoms with Gasteiger partial charge in [-0.2, -0.15) is 0 Å². The summed E-state index contributed by atoms with van der Waals surface area (Å²) < 4.78 is 23.4. The molecule has 2 aliphatic heterocycles. The predicted molar refractivity (Wildman–Crippen MR) is 120 cm³/mol. The third kappa shape index (κ3) is 6.08. The Bertz CT molecular complexity index is 619. The van der Waals surface area contributed by atoms with Crippen LogP contribution in [0, 0.1) is 11.3 Å².